The van der Waals surface area contributed by atoms with E-state index in [0.29, 0.717) is 49.5 Å². The van der Waals surface area contributed by atoms with Crippen LogP contribution in [-0.2, 0) is 17.5 Å². The van der Waals surface area contributed by atoms with E-state index in [4.69, 9.17) is 9.26 Å². The molecule has 11 heteroatoms. The number of benzene rings is 1. The Bertz CT molecular complexity index is 812. The van der Waals surface area contributed by atoms with Crippen LogP contribution in [0.5, 0.6) is 0 Å². The Labute approximate surface area is 177 Å². The van der Waals surface area contributed by atoms with Gasteiger partial charge in [0.25, 0.3) is 0 Å². The second-order valence-corrected chi connectivity index (χ2v) is 6.06. The van der Waals surface area contributed by atoms with Crippen molar-refractivity contribution in [1.82, 2.24) is 20.4 Å². The number of aromatic nitrogens is 2. The number of nitrogens with one attached hydrogen (secondary N) is 1. The summed E-state index contributed by atoms with van der Waals surface area (Å²) in [5.74, 6) is 1.56. The molecule has 1 atom stereocenters. The van der Waals surface area contributed by atoms with Gasteiger partial charge in [0, 0.05) is 20.5 Å². The molecule has 154 valence electrons. The topological polar surface area (TPSA) is 75.8 Å². The van der Waals surface area contributed by atoms with Crippen LogP contribution in [0.2, 0.25) is 0 Å². The monoisotopic (exact) mass is 511 g/mol. The van der Waals surface area contributed by atoms with Gasteiger partial charge in [-0.15, -0.1) is 24.0 Å². The first-order valence-electron chi connectivity index (χ1n) is 8.40. The second kappa shape index (κ2) is 9.54. The van der Waals surface area contributed by atoms with Gasteiger partial charge in [0.05, 0.1) is 25.3 Å². The van der Waals surface area contributed by atoms with E-state index in [1.807, 2.05) is 4.90 Å². The number of guanidine groups is 1. The molecule has 2 heterocycles. The van der Waals surface area contributed by atoms with Crippen molar-refractivity contribution in [2.45, 2.75) is 25.7 Å². The number of ether oxygens (including phenoxy) is 1. The number of aryl methyl sites for hydroxylation is 1. The lowest BCUT2D eigenvalue weighted by Gasteiger charge is -2.35. The van der Waals surface area contributed by atoms with Gasteiger partial charge in [0.2, 0.25) is 5.89 Å². The molecule has 1 aromatic carbocycles. The minimum Gasteiger partial charge on any atom is -0.370 e. The largest absolute Gasteiger partial charge is 0.416 e. The molecule has 7 nitrogen and oxygen atoms in total. The summed E-state index contributed by atoms with van der Waals surface area (Å²) in [6.45, 7) is 3.36. The van der Waals surface area contributed by atoms with Crippen LogP contribution < -0.4 is 5.32 Å². The molecule has 0 saturated carbocycles. The lowest BCUT2D eigenvalue weighted by Crippen LogP contribution is -2.48. The smallest absolute Gasteiger partial charge is 0.370 e. The third-order valence-corrected chi connectivity index (χ3v) is 4.14. The van der Waals surface area contributed by atoms with Gasteiger partial charge >= 0.3 is 6.18 Å². The van der Waals surface area contributed by atoms with E-state index in [1.165, 1.54) is 6.07 Å². The molecule has 28 heavy (non-hydrogen) atoms. The van der Waals surface area contributed by atoms with E-state index in [2.05, 4.69) is 20.4 Å². The van der Waals surface area contributed by atoms with Crippen LogP contribution in [0.3, 0.4) is 0 Å². The van der Waals surface area contributed by atoms with Gasteiger partial charge in [0.1, 0.15) is 6.10 Å². The highest BCUT2D eigenvalue weighted by molar-refractivity contribution is 14.0. The number of morpholine rings is 1. The molecule has 0 amide bonds. The minimum absolute atomic E-state index is 0. The predicted octanol–water partition coefficient (Wildman–Crippen LogP) is 3.16. The summed E-state index contributed by atoms with van der Waals surface area (Å²) in [5.41, 5.74) is -0.200. The molecule has 1 aliphatic heterocycles. The van der Waals surface area contributed by atoms with E-state index in [1.54, 1.807) is 20.0 Å². The van der Waals surface area contributed by atoms with E-state index in [-0.39, 0.29) is 24.0 Å². The fraction of sp³-hybridized carbons (Fsp3) is 0.471. The Kier molecular flexibility index (Phi) is 7.63. The number of nitrogens with zero attached hydrogens (tertiary/aromatic N) is 4. The standard InChI is InChI=1S/C17H20F3N5O2.HI/c1-11-23-15(24-27-11)9-22-16(21-2)25-6-7-26-14(10-25)12-4-3-5-13(8-12)17(18,19)20;/h3-5,8,14H,6-7,9-10H2,1-2H3,(H,21,22);1H. The van der Waals surface area contributed by atoms with Crippen molar-refractivity contribution in [3.63, 3.8) is 0 Å². The molecule has 1 unspecified atom stereocenters. The molecule has 0 spiro atoms. The average molecular weight is 511 g/mol. The summed E-state index contributed by atoms with van der Waals surface area (Å²) in [6, 6.07) is 5.22. The van der Waals surface area contributed by atoms with Crippen molar-refractivity contribution >= 4 is 29.9 Å². The molecule has 0 radical (unpaired) electrons. The molecular formula is C17H21F3IN5O2. The van der Waals surface area contributed by atoms with Crippen molar-refractivity contribution in [2.75, 3.05) is 26.7 Å². The van der Waals surface area contributed by atoms with Gasteiger partial charge in [-0.25, -0.2) is 0 Å². The van der Waals surface area contributed by atoms with Crippen LogP contribution in [0.25, 0.3) is 0 Å². The molecule has 0 aliphatic carbocycles. The highest BCUT2D eigenvalue weighted by atomic mass is 127. The normalized spacial score (nSPS) is 18.0. The SMILES string of the molecule is CN=C(NCc1noc(C)n1)N1CCOC(c2cccc(C(F)(F)F)c2)C1.I. The van der Waals surface area contributed by atoms with Gasteiger partial charge in [-0.1, -0.05) is 17.3 Å². The lowest BCUT2D eigenvalue weighted by atomic mass is 10.0. The quantitative estimate of drug-likeness (QED) is 0.388. The zero-order chi connectivity index (χ0) is 19.4. The Morgan fingerprint density at radius 2 is 2.18 bits per heavy atom. The van der Waals surface area contributed by atoms with Gasteiger partial charge in [0.15, 0.2) is 11.8 Å². The van der Waals surface area contributed by atoms with Gasteiger partial charge in [-0.3, -0.25) is 4.99 Å². The van der Waals surface area contributed by atoms with Crippen LogP contribution in [0.4, 0.5) is 13.2 Å². The number of hydrogen-bond acceptors (Lipinski definition) is 5. The summed E-state index contributed by atoms with van der Waals surface area (Å²) in [5, 5.41) is 6.94. The summed E-state index contributed by atoms with van der Waals surface area (Å²) in [4.78, 5) is 10.3. The molecule has 1 aromatic heterocycles. The maximum atomic E-state index is 13.0. The fourth-order valence-corrected chi connectivity index (χ4v) is 2.86. The van der Waals surface area contributed by atoms with E-state index >= 15 is 0 Å². The van der Waals surface area contributed by atoms with Crippen LogP contribution in [0.15, 0.2) is 33.8 Å². The summed E-state index contributed by atoms with van der Waals surface area (Å²) < 4.78 is 49.5. The lowest BCUT2D eigenvalue weighted by molar-refractivity contribution is -0.137. The Hall–Kier alpha value is -1.89. The Balaban J connectivity index is 0.00000280. The third kappa shape index (κ3) is 5.56. The third-order valence-electron chi connectivity index (χ3n) is 4.14. The first-order chi connectivity index (χ1) is 12.9. The first-order valence-corrected chi connectivity index (χ1v) is 8.40. The van der Waals surface area contributed by atoms with Crippen LogP contribution in [0, 0.1) is 6.92 Å². The second-order valence-electron chi connectivity index (χ2n) is 6.06. The Morgan fingerprint density at radius 1 is 1.39 bits per heavy atom. The predicted molar refractivity (Wildman–Crippen MR) is 106 cm³/mol. The van der Waals surface area contributed by atoms with Gasteiger partial charge in [-0.2, -0.15) is 18.2 Å². The number of rotatable bonds is 3. The van der Waals surface area contributed by atoms with Crippen LogP contribution >= 0.6 is 24.0 Å². The van der Waals surface area contributed by atoms with Crippen molar-refractivity contribution in [3.8, 4) is 0 Å². The molecule has 1 saturated heterocycles. The van der Waals surface area contributed by atoms with Crippen molar-refractivity contribution in [2.24, 2.45) is 4.99 Å². The van der Waals surface area contributed by atoms with E-state index < -0.39 is 17.8 Å². The zero-order valence-corrected chi connectivity index (χ0v) is 17.7. The van der Waals surface area contributed by atoms with Crippen LogP contribution in [-0.4, -0.2) is 47.7 Å². The molecule has 3 rings (SSSR count). The number of hydrogen-bond donors (Lipinski definition) is 1. The van der Waals surface area contributed by atoms with Crippen molar-refractivity contribution < 1.29 is 22.4 Å². The molecule has 0 bridgehead atoms. The number of halogens is 4. The molecular weight excluding hydrogens is 490 g/mol. The minimum atomic E-state index is -4.38. The summed E-state index contributed by atoms with van der Waals surface area (Å²) >= 11 is 0. The summed E-state index contributed by atoms with van der Waals surface area (Å²) in [6.07, 6.45) is -4.86. The van der Waals surface area contributed by atoms with E-state index in [0.717, 1.165) is 12.1 Å². The summed E-state index contributed by atoms with van der Waals surface area (Å²) in [7, 11) is 1.64. The van der Waals surface area contributed by atoms with E-state index in [9.17, 15) is 13.2 Å². The van der Waals surface area contributed by atoms with Gasteiger partial charge < -0.3 is 19.5 Å². The van der Waals surface area contributed by atoms with Crippen molar-refractivity contribution in [3.05, 3.63) is 47.1 Å². The molecule has 2 aromatic rings. The molecule has 1 N–H and O–H groups in total. The van der Waals surface area contributed by atoms with Gasteiger partial charge in [-0.05, 0) is 17.7 Å². The first kappa shape index (κ1) is 22.4. The maximum absolute atomic E-state index is 13.0. The maximum Gasteiger partial charge on any atom is 0.416 e. The fourth-order valence-electron chi connectivity index (χ4n) is 2.86. The molecule has 1 fully saturated rings. The van der Waals surface area contributed by atoms with Crippen molar-refractivity contribution in [1.29, 1.82) is 0 Å². The average Bonchev–Trinajstić information content (AvgIpc) is 3.07. The number of aliphatic imine (C=N–C) groups is 1. The Morgan fingerprint density at radius 3 is 2.82 bits per heavy atom. The molecule has 1 aliphatic rings. The highest BCUT2D eigenvalue weighted by Crippen LogP contribution is 2.32. The highest BCUT2D eigenvalue weighted by Gasteiger charge is 2.32. The van der Waals surface area contributed by atoms with Crippen LogP contribution in [0.1, 0.15) is 28.9 Å². The zero-order valence-electron chi connectivity index (χ0n) is 15.4. The number of alkyl halides is 3.